The van der Waals surface area contributed by atoms with Gasteiger partial charge in [0.1, 0.15) is 5.82 Å². The quantitative estimate of drug-likeness (QED) is 0.637. The average Bonchev–Trinajstić information content (AvgIpc) is 3.22. The minimum atomic E-state index is -4.38. The molecule has 2 N–H and O–H groups in total. The zero-order valence-corrected chi connectivity index (χ0v) is 19.9. The molecule has 4 rings (SSSR count). The lowest BCUT2D eigenvalue weighted by molar-refractivity contribution is -0.137. The van der Waals surface area contributed by atoms with E-state index in [9.17, 15) is 13.2 Å². The summed E-state index contributed by atoms with van der Waals surface area (Å²) in [6.07, 6.45) is 3.70. The van der Waals surface area contributed by atoms with Crippen LogP contribution in [0.3, 0.4) is 0 Å². The van der Waals surface area contributed by atoms with Crippen LogP contribution in [0.25, 0.3) is 6.08 Å². The lowest BCUT2D eigenvalue weighted by Gasteiger charge is -2.32. The Kier molecular flexibility index (Phi) is 7.47. The van der Waals surface area contributed by atoms with Crippen molar-refractivity contribution in [2.75, 3.05) is 26.2 Å². The largest absolute Gasteiger partial charge is 0.416 e. The maximum Gasteiger partial charge on any atom is 0.416 e. The first-order valence-electron chi connectivity index (χ1n) is 11.2. The van der Waals surface area contributed by atoms with E-state index in [4.69, 9.17) is 4.99 Å². The molecule has 0 saturated carbocycles. The van der Waals surface area contributed by atoms with Gasteiger partial charge < -0.3 is 15.5 Å². The topological polar surface area (TPSA) is 64.9 Å². The Morgan fingerprint density at radius 1 is 1.21 bits per heavy atom. The van der Waals surface area contributed by atoms with E-state index in [1.165, 1.54) is 17.4 Å². The number of guanidine groups is 1. The van der Waals surface area contributed by atoms with Crippen LogP contribution in [0.4, 0.5) is 18.3 Å². The highest BCUT2D eigenvalue weighted by Gasteiger charge is 2.30. The van der Waals surface area contributed by atoms with E-state index in [2.05, 4.69) is 38.5 Å². The predicted molar refractivity (Wildman–Crippen MR) is 131 cm³/mol. The van der Waals surface area contributed by atoms with Gasteiger partial charge in [0.15, 0.2) is 0 Å². The van der Waals surface area contributed by atoms with E-state index in [0.717, 1.165) is 61.1 Å². The zero-order valence-electron chi connectivity index (χ0n) is 19.1. The monoisotopic (exact) mass is 488 g/mol. The Labute approximate surface area is 201 Å². The number of hydrogen-bond acceptors (Lipinski definition) is 5. The molecule has 1 aromatic carbocycles. The van der Waals surface area contributed by atoms with Crippen molar-refractivity contribution in [3.05, 3.63) is 64.4 Å². The number of piperazine rings is 1. The number of nitrogens with zero attached hydrogens (tertiary/aromatic N) is 4. The zero-order chi connectivity index (χ0) is 24.1. The van der Waals surface area contributed by atoms with Crippen molar-refractivity contribution in [1.29, 1.82) is 0 Å². The van der Waals surface area contributed by atoms with Crippen LogP contribution in [-0.2, 0) is 6.18 Å². The number of rotatable bonds is 4. The SMILES string of the molecule is Cc1cnc(N=C2N=C(/C=C/c3cccc(C(F)(F)F)c3)C(C)C/C=C(\N3CCNCC3)N2)s1. The second-order valence-corrected chi connectivity index (χ2v) is 9.48. The molecule has 10 heteroatoms. The molecule has 0 bridgehead atoms. The third-order valence-corrected chi connectivity index (χ3v) is 6.38. The summed E-state index contributed by atoms with van der Waals surface area (Å²) in [5.41, 5.74) is 0.521. The number of aryl methyl sites for hydroxylation is 1. The molecule has 1 saturated heterocycles. The number of alkyl halides is 3. The maximum absolute atomic E-state index is 13.1. The first kappa shape index (κ1) is 24.2. The summed E-state index contributed by atoms with van der Waals surface area (Å²) in [6.45, 7) is 7.58. The fourth-order valence-electron chi connectivity index (χ4n) is 3.69. The number of thiazole rings is 1. The Bertz CT molecular complexity index is 1130. The average molecular weight is 489 g/mol. The molecule has 1 aromatic heterocycles. The van der Waals surface area contributed by atoms with E-state index in [0.29, 0.717) is 16.7 Å². The maximum atomic E-state index is 13.1. The number of halogens is 3. The van der Waals surface area contributed by atoms with Crippen LogP contribution in [0.5, 0.6) is 0 Å². The predicted octanol–water partition coefficient (Wildman–Crippen LogP) is 4.99. The smallest absolute Gasteiger partial charge is 0.356 e. The van der Waals surface area contributed by atoms with Gasteiger partial charge in [0.25, 0.3) is 0 Å². The van der Waals surface area contributed by atoms with E-state index < -0.39 is 11.7 Å². The van der Waals surface area contributed by atoms with Gasteiger partial charge in [-0.05, 0) is 43.2 Å². The number of benzene rings is 1. The van der Waals surface area contributed by atoms with E-state index in [-0.39, 0.29) is 5.92 Å². The summed E-state index contributed by atoms with van der Waals surface area (Å²) in [4.78, 5) is 17.1. The molecule has 1 atom stereocenters. The molecule has 3 heterocycles. The molecule has 0 aliphatic carbocycles. The van der Waals surface area contributed by atoms with Crippen LogP contribution in [0.2, 0.25) is 0 Å². The molecule has 2 aromatic rings. The lowest BCUT2D eigenvalue weighted by Crippen LogP contribution is -2.47. The van der Waals surface area contributed by atoms with Gasteiger partial charge in [0.2, 0.25) is 11.1 Å². The summed E-state index contributed by atoms with van der Waals surface area (Å²) in [5, 5.41) is 7.32. The van der Waals surface area contributed by atoms with E-state index in [1.54, 1.807) is 24.4 Å². The summed E-state index contributed by atoms with van der Waals surface area (Å²) >= 11 is 1.47. The van der Waals surface area contributed by atoms with Crippen LogP contribution in [0.15, 0.2) is 58.4 Å². The van der Waals surface area contributed by atoms with Crippen molar-refractivity contribution in [2.45, 2.75) is 26.4 Å². The van der Waals surface area contributed by atoms with Gasteiger partial charge in [-0.15, -0.1) is 11.3 Å². The number of hydrogen-bond donors (Lipinski definition) is 2. The van der Waals surface area contributed by atoms with Crippen molar-refractivity contribution in [3.63, 3.8) is 0 Å². The van der Waals surface area contributed by atoms with Gasteiger partial charge in [-0.1, -0.05) is 25.1 Å². The highest BCUT2D eigenvalue weighted by atomic mass is 32.1. The fraction of sp³-hybridized carbons (Fsp3) is 0.375. The van der Waals surface area contributed by atoms with Gasteiger partial charge in [-0.25, -0.2) is 9.98 Å². The number of nitrogens with one attached hydrogen (secondary N) is 2. The van der Waals surface area contributed by atoms with Gasteiger partial charge in [0, 0.05) is 48.9 Å². The summed E-state index contributed by atoms with van der Waals surface area (Å²) in [5.74, 6) is 1.42. The standard InChI is InChI=1S/C24H27F3N6S/c1-16-6-9-21(33-12-10-28-11-13-33)31-22(32-23-29-15-17(2)34-23)30-20(16)8-7-18-4-3-5-19(14-18)24(25,26)27/h3-5,7-9,14-16,28H,6,10-13H2,1-2H3,(H,29,31,32)/b8-7+,21-9-,30-20?. The molecular weight excluding hydrogens is 461 g/mol. The highest BCUT2D eigenvalue weighted by Crippen LogP contribution is 2.30. The summed E-state index contributed by atoms with van der Waals surface area (Å²) < 4.78 is 39.2. The highest BCUT2D eigenvalue weighted by molar-refractivity contribution is 7.15. The third-order valence-electron chi connectivity index (χ3n) is 5.57. The molecule has 2 aliphatic heterocycles. The Hall–Kier alpha value is -2.98. The first-order valence-corrected chi connectivity index (χ1v) is 12.0. The number of aliphatic imine (C=N–C) groups is 2. The minimum absolute atomic E-state index is 0.0466. The minimum Gasteiger partial charge on any atom is -0.356 e. The molecule has 1 fully saturated rings. The Morgan fingerprint density at radius 3 is 2.71 bits per heavy atom. The molecule has 34 heavy (non-hydrogen) atoms. The van der Waals surface area contributed by atoms with Gasteiger partial charge in [-0.2, -0.15) is 18.2 Å². The van der Waals surface area contributed by atoms with Crippen molar-refractivity contribution < 1.29 is 13.2 Å². The van der Waals surface area contributed by atoms with Crippen molar-refractivity contribution in [3.8, 4) is 0 Å². The molecule has 2 aliphatic rings. The Morgan fingerprint density at radius 2 is 2.00 bits per heavy atom. The molecule has 6 nitrogen and oxygen atoms in total. The molecule has 180 valence electrons. The van der Waals surface area contributed by atoms with Crippen LogP contribution in [-0.4, -0.2) is 47.7 Å². The second-order valence-electron chi connectivity index (χ2n) is 8.27. The lowest BCUT2D eigenvalue weighted by atomic mass is 9.99. The normalized spacial score (nSPS) is 22.7. The fourth-order valence-corrected chi connectivity index (χ4v) is 4.32. The Balaban J connectivity index is 1.64. The van der Waals surface area contributed by atoms with Crippen molar-refractivity contribution in [1.82, 2.24) is 20.5 Å². The summed E-state index contributed by atoms with van der Waals surface area (Å²) in [6, 6.07) is 5.26. The van der Waals surface area contributed by atoms with E-state index in [1.807, 2.05) is 6.92 Å². The van der Waals surface area contributed by atoms with Gasteiger partial charge in [-0.3, -0.25) is 0 Å². The van der Waals surface area contributed by atoms with Crippen LogP contribution >= 0.6 is 11.3 Å². The molecule has 1 unspecified atom stereocenters. The van der Waals surface area contributed by atoms with Crippen LogP contribution in [0.1, 0.15) is 29.3 Å². The van der Waals surface area contributed by atoms with E-state index >= 15 is 0 Å². The van der Waals surface area contributed by atoms with Crippen molar-refractivity contribution in [2.24, 2.45) is 15.9 Å². The first-order chi connectivity index (χ1) is 16.3. The number of allylic oxidation sites excluding steroid dienone is 2. The molecule has 0 spiro atoms. The third kappa shape index (κ3) is 6.32. The van der Waals surface area contributed by atoms with Crippen LogP contribution < -0.4 is 10.6 Å². The van der Waals surface area contributed by atoms with Gasteiger partial charge in [0.05, 0.1) is 5.56 Å². The number of aromatic nitrogens is 1. The second kappa shape index (κ2) is 10.5. The van der Waals surface area contributed by atoms with Crippen molar-refractivity contribution >= 4 is 34.2 Å². The molecular formula is C24H27F3N6S. The van der Waals surface area contributed by atoms with Gasteiger partial charge >= 0.3 is 6.18 Å². The molecule has 0 radical (unpaired) electrons. The summed E-state index contributed by atoms with van der Waals surface area (Å²) in [7, 11) is 0. The molecule has 0 amide bonds. The van der Waals surface area contributed by atoms with Crippen LogP contribution in [0, 0.1) is 12.8 Å².